The van der Waals surface area contributed by atoms with Crippen molar-refractivity contribution in [2.24, 2.45) is 0 Å². The largest absolute Gasteiger partial charge is 0.379 e. The number of anilines is 1. The maximum Gasteiger partial charge on any atom is 0.271 e. The second-order valence-corrected chi connectivity index (χ2v) is 5.28. The highest BCUT2D eigenvalue weighted by atomic mass is 16.5. The summed E-state index contributed by atoms with van der Waals surface area (Å²) in [5.41, 5.74) is 0.356. The summed E-state index contributed by atoms with van der Waals surface area (Å²) in [4.78, 5) is 22.5. The van der Waals surface area contributed by atoms with E-state index in [0.717, 1.165) is 52.2 Å². The van der Waals surface area contributed by atoms with Gasteiger partial charge in [0, 0.05) is 32.7 Å². The van der Waals surface area contributed by atoms with Gasteiger partial charge in [-0.1, -0.05) is 13.3 Å². The molecular formula is C15H25N5O2. The summed E-state index contributed by atoms with van der Waals surface area (Å²) < 4.78 is 5.31. The lowest BCUT2D eigenvalue weighted by Gasteiger charge is -2.26. The molecule has 1 aliphatic rings. The Kier molecular flexibility index (Phi) is 7.05. The normalized spacial score (nSPS) is 15.5. The molecule has 1 aromatic rings. The maximum atomic E-state index is 11.8. The van der Waals surface area contributed by atoms with Crippen molar-refractivity contribution in [1.29, 1.82) is 0 Å². The zero-order valence-electron chi connectivity index (χ0n) is 13.2. The van der Waals surface area contributed by atoms with Gasteiger partial charge in [-0.3, -0.25) is 9.69 Å². The highest BCUT2D eigenvalue weighted by molar-refractivity contribution is 5.91. The summed E-state index contributed by atoms with van der Waals surface area (Å²) in [5, 5.41) is 6.05. The van der Waals surface area contributed by atoms with Crippen LogP contribution in [0.4, 0.5) is 5.82 Å². The first-order valence-electron chi connectivity index (χ1n) is 7.94. The summed E-state index contributed by atoms with van der Waals surface area (Å²) >= 11 is 0. The summed E-state index contributed by atoms with van der Waals surface area (Å²) in [6.07, 6.45) is 5.14. The van der Waals surface area contributed by atoms with Gasteiger partial charge in [0.25, 0.3) is 5.91 Å². The number of carbonyl (C=O) groups excluding carboxylic acids is 1. The number of aromatic nitrogens is 2. The van der Waals surface area contributed by atoms with Crippen molar-refractivity contribution >= 4 is 11.7 Å². The van der Waals surface area contributed by atoms with Crippen LogP contribution in [0.1, 0.15) is 30.3 Å². The van der Waals surface area contributed by atoms with E-state index in [0.29, 0.717) is 18.1 Å². The van der Waals surface area contributed by atoms with Crippen molar-refractivity contribution in [3.05, 3.63) is 18.1 Å². The third-order valence-corrected chi connectivity index (χ3v) is 3.54. The third kappa shape index (κ3) is 5.57. The molecule has 0 bridgehead atoms. The molecule has 1 amide bonds. The Morgan fingerprint density at radius 3 is 2.77 bits per heavy atom. The fourth-order valence-corrected chi connectivity index (χ4v) is 2.17. The molecule has 7 heteroatoms. The molecule has 2 heterocycles. The van der Waals surface area contributed by atoms with Crippen molar-refractivity contribution in [2.75, 3.05) is 51.3 Å². The minimum atomic E-state index is -0.166. The molecule has 0 spiro atoms. The van der Waals surface area contributed by atoms with Crippen LogP contribution in [0.25, 0.3) is 0 Å². The number of unbranched alkanes of at least 4 members (excludes halogenated alkanes) is 1. The summed E-state index contributed by atoms with van der Waals surface area (Å²) in [6.45, 7) is 8.08. The number of nitrogens with one attached hydrogen (secondary N) is 2. The quantitative estimate of drug-likeness (QED) is 0.690. The van der Waals surface area contributed by atoms with Crippen LogP contribution in [0.5, 0.6) is 0 Å². The predicted octanol–water partition coefficient (Wildman–Crippen LogP) is 0.751. The average molecular weight is 307 g/mol. The lowest BCUT2D eigenvalue weighted by molar-refractivity contribution is 0.0398. The van der Waals surface area contributed by atoms with Gasteiger partial charge in [0.15, 0.2) is 0 Å². The molecule has 0 radical (unpaired) electrons. The summed E-state index contributed by atoms with van der Waals surface area (Å²) in [6, 6.07) is 0. The van der Waals surface area contributed by atoms with E-state index in [9.17, 15) is 4.79 Å². The molecule has 2 N–H and O–H groups in total. The molecule has 1 aliphatic heterocycles. The standard InChI is InChI=1S/C15H25N5O2/c1-2-3-4-17-15(21)13-11-19-14(12-18-13)16-5-6-20-7-9-22-10-8-20/h11-12H,2-10H2,1H3,(H,16,19)(H,17,21). The third-order valence-electron chi connectivity index (χ3n) is 3.54. The predicted molar refractivity (Wildman–Crippen MR) is 85.0 cm³/mol. The van der Waals surface area contributed by atoms with E-state index in [1.54, 1.807) is 6.20 Å². The molecule has 2 rings (SSSR count). The van der Waals surface area contributed by atoms with Gasteiger partial charge in [0.2, 0.25) is 0 Å². The number of amides is 1. The topological polar surface area (TPSA) is 79.4 Å². The van der Waals surface area contributed by atoms with Crippen LogP contribution in [0.3, 0.4) is 0 Å². The molecule has 1 fully saturated rings. The zero-order chi connectivity index (χ0) is 15.6. The van der Waals surface area contributed by atoms with E-state index in [-0.39, 0.29) is 5.91 Å². The van der Waals surface area contributed by atoms with Crippen molar-refractivity contribution < 1.29 is 9.53 Å². The van der Waals surface area contributed by atoms with Crippen LogP contribution in [0.2, 0.25) is 0 Å². The molecule has 22 heavy (non-hydrogen) atoms. The molecular weight excluding hydrogens is 282 g/mol. The summed E-state index contributed by atoms with van der Waals surface area (Å²) in [7, 11) is 0. The Labute approximate surface area is 131 Å². The van der Waals surface area contributed by atoms with E-state index in [1.807, 2.05) is 0 Å². The number of nitrogens with zero attached hydrogens (tertiary/aromatic N) is 3. The monoisotopic (exact) mass is 307 g/mol. The van der Waals surface area contributed by atoms with Crippen LogP contribution in [-0.4, -0.2) is 66.7 Å². The van der Waals surface area contributed by atoms with Gasteiger partial charge < -0.3 is 15.4 Å². The SMILES string of the molecule is CCCCNC(=O)c1cnc(NCCN2CCOCC2)cn1. The van der Waals surface area contributed by atoms with Crippen LogP contribution >= 0.6 is 0 Å². The molecule has 1 aromatic heterocycles. The number of morpholine rings is 1. The number of rotatable bonds is 8. The van der Waals surface area contributed by atoms with Gasteiger partial charge in [0.05, 0.1) is 25.6 Å². The molecule has 1 saturated heterocycles. The molecule has 0 atom stereocenters. The zero-order valence-corrected chi connectivity index (χ0v) is 13.2. The number of hydrogen-bond acceptors (Lipinski definition) is 6. The highest BCUT2D eigenvalue weighted by Crippen LogP contribution is 2.02. The number of hydrogen-bond donors (Lipinski definition) is 2. The van der Waals surface area contributed by atoms with Crippen LogP contribution < -0.4 is 10.6 Å². The Balaban J connectivity index is 1.70. The minimum absolute atomic E-state index is 0.166. The lowest BCUT2D eigenvalue weighted by atomic mass is 10.3. The summed E-state index contributed by atoms with van der Waals surface area (Å²) in [5.74, 6) is 0.527. The fourth-order valence-electron chi connectivity index (χ4n) is 2.17. The van der Waals surface area contributed by atoms with E-state index in [2.05, 4.69) is 32.4 Å². The highest BCUT2D eigenvalue weighted by Gasteiger charge is 2.10. The minimum Gasteiger partial charge on any atom is -0.379 e. The van der Waals surface area contributed by atoms with Gasteiger partial charge in [-0.05, 0) is 6.42 Å². The first kappa shape index (κ1) is 16.6. The number of ether oxygens (including phenoxy) is 1. The van der Waals surface area contributed by atoms with Gasteiger partial charge in [-0.2, -0.15) is 0 Å². The van der Waals surface area contributed by atoms with E-state index in [4.69, 9.17) is 4.74 Å². The average Bonchev–Trinajstić information content (AvgIpc) is 2.56. The van der Waals surface area contributed by atoms with Crippen molar-refractivity contribution in [3.8, 4) is 0 Å². The Hall–Kier alpha value is -1.73. The molecule has 0 aromatic carbocycles. The van der Waals surface area contributed by atoms with E-state index >= 15 is 0 Å². The Bertz CT molecular complexity index is 446. The second kappa shape index (κ2) is 9.32. The molecule has 7 nitrogen and oxygen atoms in total. The first-order valence-corrected chi connectivity index (χ1v) is 7.94. The molecule has 0 unspecified atom stereocenters. The van der Waals surface area contributed by atoms with E-state index < -0.39 is 0 Å². The van der Waals surface area contributed by atoms with Crippen LogP contribution in [-0.2, 0) is 4.74 Å². The lowest BCUT2D eigenvalue weighted by Crippen LogP contribution is -2.39. The fraction of sp³-hybridized carbons (Fsp3) is 0.667. The molecule has 122 valence electrons. The van der Waals surface area contributed by atoms with Gasteiger partial charge in [-0.25, -0.2) is 9.97 Å². The van der Waals surface area contributed by atoms with E-state index in [1.165, 1.54) is 6.20 Å². The van der Waals surface area contributed by atoms with Gasteiger partial charge in [0.1, 0.15) is 11.5 Å². The van der Waals surface area contributed by atoms with Gasteiger partial charge >= 0.3 is 0 Å². The first-order chi connectivity index (χ1) is 10.8. The number of carbonyl (C=O) groups is 1. The van der Waals surface area contributed by atoms with Crippen molar-refractivity contribution in [2.45, 2.75) is 19.8 Å². The van der Waals surface area contributed by atoms with Crippen molar-refractivity contribution in [3.63, 3.8) is 0 Å². The maximum absolute atomic E-state index is 11.8. The smallest absolute Gasteiger partial charge is 0.271 e. The molecule has 0 saturated carbocycles. The Morgan fingerprint density at radius 2 is 2.09 bits per heavy atom. The van der Waals surface area contributed by atoms with Gasteiger partial charge in [-0.15, -0.1) is 0 Å². The van der Waals surface area contributed by atoms with Crippen molar-refractivity contribution in [1.82, 2.24) is 20.2 Å². The van der Waals surface area contributed by atoms with Crippen LogP contribution in [0.15, 0.2) is 12.4 Å². The Morgan fingerprint density at radius 1 is 1.27 bits per heavy atom. The second-order valence-electron chi connectivity index (χ2n) is 5.28. The van der Waals surface area contributed by atoms with Crippen LogP contribution in [0, 0.1) is 0 Å². The molecule has 0 aliphatic carbocycles.